The van der Waals surface area contributed by atoms with Gasteiger partial charge in [-0.2, -0.15) is 0 Å². The highest BCUT2D eigenvalue weighted by Crippen LogP contribution is 2.11. The number of hydrogen-bond donors (Lipinski definition) is 1. The van der Waals surface area contributed by atoms with E-state index in [9.17, 15) is 0 Å². The van der Waals surface area contributed by atoms with Crippen LogP contribution in [0.2, 0.25) is 0 Å². The van der Waals surface area contributed by atoms with Crippen LogP contribution < -0.4 is 5.32 Å². The molecule has 0 saturated heterocycles. The molecule has 0 heterocycles. The van der Waals surface area contributed by atoms with Gasteiger partial charge in [0, 0.05) is 6.54 Å². The summed E-state index contributed by atoms with van der Waals surface area (Å²) >= 11 is 0. The van der Waals surface area contributed by atoms with E-state index in [1.807, 2.05) is 0 Å². The van der Waals surface area contributed by atoms with Gasteiger partial charge in [0.1, 0.15) is 0 Å². The van der Waals surface area contributed by atoms with Crippen LogP contribution in [-0.4, -0.2) is 13.1 Å². The Balaban J connectivity index is 3.77. The number of nitrogens with one attached hydrogen (secondary N) is 1. The molecule has 0 aliphatic rings. The maximum Gasteiger partial charge on any atom is 0.0161 e. The number of likely N-dealkylation sites (N-methyl/N-ethyl adjacent to an activating group) is 1. The van der Waals surface area contributed by atoms with Crippen LogP contribution in [0.25, 0.3) is 0 Å². The fourth-order valence-corrected chi connectivity index (χ4v) is 1.31. The van der Waals surface area contributed by atoms with E-state index < -0.39 is 0 Å². The Labute approximate surface area is 77.2 Å². The molecule has 1 nitrogen and oxygen atoms in total. The molecule has 72 valence electrons. The summed E-state index contributed by atoms with van der Waals surface area (Å²) in [5.41, 5.74) is 1.48. The van der Waals surface area contributed by atoms with Crippen molar-refractivity contribution in [2.45, 2.75) is 40.5 Å². The fourth-order valence-electron chi connectivity index (χ4n) is 1.31. The Kier molecular flexibility index (Phi) is 7.17. The second kappa shape index (κ2) is 7.35. The fraction of sp³-hybridized carbons (Fsp3) is 0.818. The summed E-state index contributed by atoms with van der Waals surface area (Å²) in [5.74, 6) is 0.781. The predicted molar refractivity (Wildman–Crippen MR) is 56.4 cm³/mol. The molecule has 0 unspecified atom stereocenters. The van der Waals surface area contributed by atoms with Crippen molar-refractivity contribution in [3.63, 3.8) is 0 Å². The average molecular weight is 169 g/mol. The maximum absolute atomic E-state index is 3.33. The van der Waals surface area contributed by atoms with Crippen molar-refractivity contribution in [2.24, 2.45) is 5.92 Å². The first kappa shape index (κ1) is 11.7. The van der Waals surface area contributed by atoms with E-state index in [4.69, 9.17) is 0 Å². The quantitative estimate of drug-likeness (QED) is 0.603. The molecule has 12 heavy (non-hydrogen) atoms. The number of allylic oxidation sites excluding steroid dienone is 1. The molecule has 0 aromatic heterocycles. The lowest BCUT2D eigenvalue weighted by Crippen LogP contribution is -2.15. The first-order valence-electron chi connectivity index (χ1n) is 5.12. The monoisotopic (exact) mass is 169 g/mol. The number of rotatable bonds is 6. The van der Waals surface area contributed by atoms with Gasteiger partial charge in [0.15, 0.2) is 0 Å². The van der Waals surface area contributed by atoms with Crippen LogP contribution in [-0.2, 0) is 0 Å². The lowest BCUT2D eigenvalue weighted by Gasteiger charge is -2.08. The smallest absolute Gasteiger partial charge is 0.0161 e. The lowest BCUT2D eigenvalue weighted by atomic mass is 10.0. The van der Waals surface area contributed by atoms with Gasteiger partial charge in [-0.1, -0.05) is 32.4 Å². The molecule has 0 spiro atoms. The van der Waals surface area contributed by atoms with Crippen LogP contribution in [0.1, 0.15) is 40.5 Å². The third-order valence-electron chi connectivity index (χ3n) is 2.22. The first-order valence-corrected chi connectivity index (χ1v) is 5.12. The highest BCUT2D eigenvalue weighted by Gasteiger charge is 1.98. The van der Waals surface area contributed by atoms with Gasteiger partial charge in [-0.3, -0.25) is 0 Å². The number of hydrogen-bond acceptors (Lipinski definition) is 1. The Bertz CT molecular complexity index is 123. The molecule has 0 aliphatic heterocycles. The zero-order chi connectivity index (χ0) is 9.40. The van der Waals surface area contributed by atoms with Crippen LogP contribution in [0.4, 0.5) is 0 Å². The van der Waals surface area contributed by atoms with Crippen LogP contribution in [0.3, 0.4) is 0 Å². The Morgan fingerprint density at radius 1 is 1.25 bits per heavy atom. The minimum Gasteiger partial charge on any atom is -0.313 e. The summed E-state index contributed by atoms with van der Waals surface area (Å²) in [6.45, 7) is 11.0. The molecule has 0 amide bonds. The van der Waals surface area contributed by atoms with Crippen molar-refractivity contribution in [3.05, 3.63) is 11.6 Å². The Morgan fingerprint density at radius 2 is 1.83 bits per heavy atom. The van der Waals surface area contributed by atoms with Gasteiger partial charge in [-0.25, -0.2) is 0 Å². The highest BCUT2D eigenvalue weighted by molar-refractivity contribution is 5.02. The van der Waals surface area contributed by atoms with E-state index in [-0.39, 0.29) is 0 Å². The Morgan fingerprint density at radius 3 is 2.25 bits per heavy atom. The van der Waals surface area contributed by atoms with Gasteiger partial charge in [0.25, 0.3) is 0 Å². The van der Waals surface area contributed by atoms with Crippen molar-refractivity contribution in [2.75, 3.05) is 13.1 Å². The molecule has 0 saturated carbocycles. The summed E-state index contributed by atoms with van der Waals surface area (Å²) < 4.78 is 0. The van der Waals surface area contributed by atoms with Gasteiger partial charge >= 0.3 is 0 Å². The van der Waals surface area contributed by atoms with Crippen LogP contribution >= 0.6 is 0 Å². The zero-order valence-electron chi connectivity index (χ0n) is 8.98. The minimum absolute atomic E-state index is 0.781. The third-order valence-corrected chi connectivity index (χ3v) is 2.22. The second-order valence-corrected chi connectivity index (χ2v) is 3.37. The summed E-state index contributed by atoms with van der Waals surface area (Å²) in [5, 5.41) is 3.33. The molecule has 0 fully saturated rings. The van der Waals surface area contributed by atoms with Crippen molar-refractivity contribution < 1.29 is 0 Å². The van der Waals surface area contributed by atoms with Crippen LogP contribution in [0.5, 0.6) is 0 Å². The summed E-state index contributed by atoms with van der Waals surface area (Å²) in [6.07, 6.45) is 4.93. The lowest BCUT2D eigenvalue weighted by molar-refractivity contribution is 0.598. The van der Waals surface area contributed by atoms with Gasteiger partial charge in [-0.15, -0.1) is 0 Å². The minimum atomic E-state index is 0.781. The average Bonchev–Trinajstić information content (AvgIpc) is 2.10. The van der Waals surface area contributed by atoms with Gasteiger partial charge in [-0.05, 0) is 32.2 Å². The molecular formula is C11H23N. The van der Waals surface area contributed by atoms with E-state index >= 15 is 0 Å². The van der Waals surface area contributed by atoms with Crippen molar-refractivity contribution in [3.8, 4) is 0 Å². The normalized spacial score (nSPS) is 12.6. The van der Waals surface area contributed by atoms with E-state index in [2.05, 4.69) is 39.1 Å². The van der Waals surface area contributed by atoms with Gasteiger partial charge < -0.3 is 5.32 Å². The second-order valence-electron chi connectivity index (χ2n) is 3.37. The van der Waals surface area contributed by atoms with Gasteiger partial charge in [0.2, 0.25) is 0 Å². The molecule has 0 aromatic carbocycles. The van der Waals surface area contributed by atoms with Crippen molar-refractivity contribution >= 4 is 0 Å². The largest absolute Gasteiger partial charge is 0.313 e. The molecule has 0 radical (unpaired) electrons. The first-order chi connectivity index (χ1) is 5.74. The highest BCUT2D eigenvalue weighted by atomic mass is 14.8. The van der Waals surface area contributed by atoms with E-state index in [0.717, 1.165) is 19.0 Å². The van der Waals surface area contributed by atoms with Crippen molar-refractivity contribution in [1.29, 1.82) is 0 Å². The summed E-state index contributed by atoms with van der Waals surface area (Å²) in [7, 11) is 0. The summed E-state index contributed by atoms with van der Waals surface area (Å²) in [6, 6.07) is 0. The standard InChI is InChI=1S/C11H23N/c1-5-11(6-2)8-10(4)9-12-7-3/h8,11-12H,5-7,9H2,1-4H3. The zero-order valence-corrected chi connectivity index (χ0v) is 8.98. The van der Waals surface area contributed by atoms with Gasteiger partial charge in [0.05, 0.1) is 0 Å². The van der Waals surface area contributed by atoms with E-state index in [1.54, 1.807) is 0 Å². The molecule has 0 bridgehead atoms. The molecular weight excluding hydrogens is 146 g/mol. The third kappa shape index (κ3) is 5.36. The van der Waals surface area contributed by atoms with E-state index in [0.29, 0.717) is 0 Å². The van der Waals surface area contributed by atoms with E-state index in [1.165, 1.54) is 18.4 Å². The molecule has 1 N–H and O–H groups in total. The molecule has 0 aliphatic carbocycles. The summed E-state index contributed by atoms with van der Waals surface area (Å²) in [4.78, 5) is 0. The molecule has 1 heteroatoms. The SMILES string of the molecule is CCNCC(C)=CC(CC)CC. The van der Waals surface area contributed by atoms with Crippen LogP contribution in [0, 0.1) is 5.92 Å². The van der Waals surface area contributed by atoms with Crippen molar-refractivity contribution in [1.82, 2.24) is 5.32 Å². The molecule has 0 aromatic rings. The van der Waals surface area contributed by atoms with Crippen LogP contribution in [0.15, 0.2) is 11.6 Å². The Hall–Kier alpha value is -0.300. The topological polar surface area (TPSA) is 12.0 Å². The maximum atomic E-state index is 3.33. The molecule has 0 atom stereocenters. The molecule has 0 rings (SSSR count). The predicted octanol–water partition coefficient (Wildman–Crippen LogP) is 2.98.